The highest BCUT2D eigenvalue weighted by Crippen LogP contribution is 2.47. The maximum Gasteiger partial charge on any atom is 0.0964 e. The lowest BCUT2D eigenvalue weighted by Crippen LogP contribution is -2.33. The number of benzene rings is 1. The highest BCUT2D eigenvalue weighted by atomic mass is 32.1. The molecule has 3 aromatic rings. The molecular formula is C26H34N4S. The summed E-state index contributed by atoms with van der Waals surface area (Å²) in [5, 5.41) is 10.7. The lowest BCUT2D eigenvalue weighted by molar-refractivity contribution is 0.202. The van der Waals surface area contributed by atoms with Gasteiger partial charge in [0.2, 0.25) is 0 Å². The van der Waals surface area contributed by atoms with Gasteiger partial charge >= 0.3 is 0 Å². The number of H-pyrrole nitrogens is 1. The molecule has 1 N–H and O–H groups in total. The first kappa shape index (κ1) is 20.9. The largest absolute Gasteiger partial charge is 0.297 e. The van der Waals surface area contributed by atoms with Gasteiger partial charge in [0.15, 0.2) is 0 Å². The molecule has 0 atom stereocenters. The molecule has 0 unspecified atom stereocenters. The van der Waals surface area contributed by atoms with E-state index in [4.69, 9.17) is 4.98 Å². The maximum atomic E-state index is 5.12. The molecule has 31 heavy (non-hydrogen) atoms. The summed E-state index contributed by atoms with van der Waals surface area (Å²) < 4.78 is 0. The quantitative estimate of drug-likeness (QED) is 0.527. The fourth-order valence-corrected chi connectivity index (χ4v) is 6.31. The van der Waals surface area contributed by atoms with Crippen molar-refractivity contribution < 1.29 is 0 Å². The molecule has 2 aliphatic rings. The van der Waals surface area contributed by atoms with Gasteiger partial charge in [0.05, 0.1) is 10.7 Å². The number of likely N-dealkylation sites (tertiary alicyclic amines) is 1. The van der Waals surface area contributed by atoms with Gasteiger partial charge in [-0.25, -0.2) is 4.98 Å². The topological polar surface area (TPSA) is 44.8 Å². The highest BCUT2D eigenvalue weighted by Gasteiger charge is 2.37. The van der Waals surface area contributed by atoms with E-state index in [0.29, 0.717) is 5.92 Å². The zero-order valence-corrected chi connectivity index (χ0v) is 20.1. The van der Waals surface area contributed by atoms with Crippen LogP contribution >= 0.6 is 11.3 Å². The molecule has 0 radical (unpaired) electrons. The van der Waals surface area contributed by atoms with Crippen molar-refractivity contribution in [1.29, 1.82) is 0 Å². The van der Waals surface area contributed by atoms with E-state index < -0.39 is 0 Å². The molecule has 5 rings (SSSR count). The highest BCUT2D eigenvalue weighted by molar-refractivity contribution is 7.10. The molecule has 1 aliphatic heterocycles. The van der Waals surface area contributed by atoms with Gasteiger partial charge in [0.1, 0.15) is 0 Å². The summed E-state index contributed by atoms with van der Waals surface area (Å²) in [6.07, 6.45) is 6.71. The summed E-state index contributed by atoms with van der Waals surface area (Å²) in [5.74, 6) is 0.588. The molecule has 1 fully saturated rings. The average molecular weight is 435 g/mol. The predicted molar refractivity (Wildman–Crippen MR) is 129 cm³/mol. The van der Waals surface area contributed by atoms with E-state index in [9.17, 15) is 0 Å². The minimum Gasteiger partial charge on any atom is -0.297 e. The Morgan fingerprint density at radius 1 is 1.03 bits per heavy atom. The summed E-state index contributed by atoms with van der Waals surface area (Å²) in [7, 11) is 0. The third-order valence-corrected chi connectivity index (χ3v) is 8.57. The minimum absolute atomic E-state index is 0.237. The second kappa shape index (κ2) is 7.86. The molecule has 4 nitrogen and oxygen atoms in total. The number of nitrogens with zero attached hydrogens (tertiary/aromatic N) is 3. The van der Waals surface area contributed by atoms with Crippen LogP contribution in [0.5, 0.6) is 0 Å². The zero-order chi connectivity index (χ0) is 21.6. The summed E-state index contributed by atoms with van der Waals surface area (Å²) >= 11 is 1.85. The van der Waals surface area contributed by atoms with Gasteiger partial charge in [0, 0.05) is 35.3 Å². The second-order valence-corrected chi connectivity index (χ2v) is 11.6. The van der Waals surface area contributed by atoms with Crippen LogP contribution < -0.4 is 0 Å². The van der Waals surface area contributed by atoms with Crippen LogP contribution in [0.15, 0.2) is 35.8 Å². The Morgan fingerprint density at radius 2 is 1.77 bits per heavy atom. The van der Waals surface area contributed by atoms with E-state index in [1.807, 2.05) is 17.5 Å². The predicted octanol–water partition coefficient (Wildman–Crippen LogP) is 6.26. The molecule has 0 bridgehead atoms. The van der Waals surface area contributed by atoms with Gasteiger partial charge in [-0.15, -0.1) is 11.3 Å². The first-order valence-electron chi connectivity index (χ1n) is 11.6. The lowest BCUT2D eigenvalue weighted by Gasteiger charge is -2.42. The molecule has 2 aromatic heterocycles. The number of rotatable bonds is 4. The normalized spacial score (nSPS) is 21.2. The summed E-state index contributed by atoms with van der Waals surface area (Å²) in [4.78, 5) is 7.64. The fraction of sp³-hybridized carbons (Fsp3) is 0.538. The minimum atomic E-state index is 0.237. The van der Waals surface area contributed by atoms with Crippen LogP contribution in [0.2, 0.25) is 0 Å². The van der Waals surface area contributed by atoms with E-state index in [0.717, 1.165) is 25.3 Å². The molecule has 1 aliphatic carbocycles. The van der Waals surface area contributed by atoms with E-state index >= 15 is 0 Å². The zero-order valence-electron chi connectivity index (χ0n) is 19.2. The Morgan fingerprint density at radius 3 is 2.48 bits per heavy atom. The fourth-order valence-electron chi connectivity index (χ4n) is 5.31. The summed E-state index contributed by atoms with van der Waals surface area (Å²) in [6, 6.07) is 9.18. The molecule has 3 heterocycles. The number of hydrogen-bond donors (Lipinski definition) is 1. The van der Waals surface area contributed by atoms with Crippen LogP contribution in [0.25, 0.3) is 11.3 Å². The van der Waals surface area contributed by atoms with Crippen molar-refractivity contribution in [2.24, 2.45) is 0 Å². The Kier molecular flexibility index (Phi) is 5.30. The monoisotopic (exact) mass is 434 g/mol. The summed E-state index contributed by atoms with van der Waals surface area (Å²) in [6.45, 7) is 12.8. The SMILES string of the molecule is CC1(C)CCC(C)(C)c2cc(-c3csc(C4CCN(Cc5ccn[nH]5)CC4)n3)ccc21. The van der Waals surface area contributed by atoms with Crippen molar-refractivity contribution in [3.05, 3.63) is 57.7 Å². The molecule has 5 heteroatoms. The number of aromatic amines is 1. The van der Waals surface area contributed by atoms with Crippen molar-refractivity contribution in [3.63, 3.8) is 0 Å². The van der Waals surface area contributed by atoms with Crippen LogP contribution in [-0.2, 0) is 17.4 Å². The smallest absolute Gasteiger partial charge is 0.0964 e. The molecule has 0 spiro atoms. The van der Waals surface area contributed by atoms with Gasteiger partial charge in [-0.2, -0.15) is 5.10 Å². The first-order valence-corrected chi connectivity index (χ1v) is 12.5. The van der Waals surface area contributed by atoms with Crippen molar-refractivity contribution >= 4 is 11.3 Å². The Labute approximate surface area is 190 Å². The Bertz CT molecular complexity index is 1040. The third-order valence-electron chi connectivity index (χ3n) is 7.56. The average Bonchev–Trinajstić information content (AvgIpc) is 3.44. The van der Waals surface area contributed by atoms with Gasteiger partial charge in [-0.1, -0.05) is 39.8 Å². The van der Waals surface area contributed by atoms with Crippen LogP contribution in [0.4, 0.5) is 0 Å². The second-order valence-electron chi connectivity index (χ2n) is 10.7. The number of fused-ring (bicyclic) bond motifs is 1. The van der Waals surface area contributed by atoms with Gasteiger partial charge in [0.25, 0.3) is 0 Å². The summed E-state index contributed by atoms with van der Waals surface area (Å²) in [5.41, 5.74) is 7.18. The van der Waals surface area contributed by atoms with Crippen LogP contribution in [0, 0.1) is 0 Å². The Balaban J connectivity index is 1.31. The van der Waals surface area contributed by atoms with Crippen LogP contribution in [0.1, 0.15) is 81.1 Å². The molecule has 0 saturated carbocycles. The third kappa shape index (κ3) is 4.10. The van der Waals surface area contributed by atoms with E-state index in [2.05, 4.69) is 72.4 Å². The van der Waals surface area contributed by atoms with Crippen molar-refractivity contribution in [3.8, 4) is 11.3 Å². The van der Waals surface area contributed by atoms with Crippen molar-refractivity contribution in [2.75, 3.05) is 13.1 Å². The van der Waals surface area contributed by atoms with Crippen molar-refractivity contribution in [2.45, 2.75) is 76.7 Å². The van der Waals surface area contributed by atoms with E-state index in [1.165, 1.54) is 53.1 Å². The van der Waals surface area contributed by atoms with Crippen LogP contribution in [0.3, 0.4) is 0 Å². The molecule has 1 saturated heterocycles. The van der Waals surface area contributed by atoms with E-state index in [1.54, 1.807) is 0 Å². The maximum absolute atomic E-state index is 5.12. The lowest BCUT2D eigenvalue weighted by atomic mass is 9.63. The standard InChI is InChI=1S/C26H34N4S/c1-25(2)10-11-26(3,4)22-15-19(5-6-21(22)25)23-17-31-24(28-23)18-8-13-30(14-9-18)16-20-7-12-27-29-20/h5-7,12,15,17-18H,8-11,13-14,16H2,1-4H3,(H,27,29). The molecule has 0 amide bonds. The molecule has 164 valence electrons. The number of piperidine rings is 1. The van der Waals surface area contributed by atoms with Gasteiger partial charge in [-0.05, 0) is 72.9 Å². The van der Waals surface area contributed by atoms with Gasteiger partial charge < -0.3 is 0 Å². The van der Waals surface area contributed by atoms with E-state index in [-0.39, 0.29) is 10.8 Å². The molecular weight excluding hydrogens is 400 g/mol. The number of nitrogens with one attached hydrogen (secondary N) is 1. The first-order chi connectivity index (χ1) is 14.8. The number of thiazole rings is 1. The molecule has 1 aromatic carbocycles. The van der Waals surface area contributed by atoms with Crippen molar-refractivity contribution in [1.82, 2.24) is 20.1 Å². The number of hydrogen-bond acceptors (Lipinski definition) is 4. The van der Waals surface area contributed by atoms with Crippen LogP contribution in [-0.4, -0.2) is 33.2 Å². The number of aromatic nitrogens is 3. The van der Waals surface area contributed by atoms with Gasteiger partial charge in [-0.3, -0.25) is 10.00 Å². The Hall–Kier alpha value is -1.98.